The predicted octanol–water partition coefficient (Wildman–Crippen LogP) is 5.04. The first kappa shape index (κ1) is 26.5. The molecule has 1 aliphatic heterocycles. The Labute approximate surface area is 226 Å². The number of carbonyl (C=O) groups is 3. The molecule has 2 aliphatic rings. The molecule has 2 amide bonds. The summed E-state index contributed by atoms with van der Waals surface area (Å²) in [6.07, 6.45) is 3.62. The molecule has 1 aromatic heterocycles. The van der Waals surface area contributed by atoms with Crippen LogP contribution in [0.25, 0.3) is 0 Å². The first-order valence-electron chi connectivity index (χ1n) is 11.3. The van der Waals surface area contributed by atoms with E-state index in [9.17, 15) is 14.4 Å². The molecule has 0 spiro atoms. The molecule has 0 saturated carbocycles. The largest absolute Gasteiger partial charge is 0.465 e. The fourth-order valence-corrected chi connectivity index (χ4v) is 7.00. The van der Waals surface area contributed by atoms with E-state index in [0.29, 0.717) is 32.9 Å². The number of methoxy groups -OCH3 is 1. The van der Waals surface area contributed by atoms with Gasteiger partial charge >= 0.3 is 5.97 Å². The molecule has 2 aromatic rings. The Kier molecular flexibility index (Phi) is 8.29. The first-order chi connectivity index (χ1) is 17.2. The average Bonchev–Trinajstić information content (AvgIpc) is 3.37. The van der Waals surface area contributed by atoms with Crippen LogP contribution in [0.5, 0.6) is 0 Å². The monoisotopic (exact) mass is 566 g/mol. The minimum absolute atomic E-state index is 0.0771. The van der Waals surface area contributed by atoms with Crippen molar-refractivity contribution in [3.05, 3.63) is 55.5 Å². The van der Waals surface area contributed by atoms with Gasteiger partial charge in [0.1, 0.15) is 15.3 Å². The molecule has 4 rings (SSSR count). The molecular weight excluding hydrogens is 543 g/mol. The summed E-state index contributed by atoms with van der Waals surface area (Å²) in [7, 11) is 1.32. The molecular formula is C24H24Cl2N4O4S2. The highest BCUT2D eigenvalue weighted by Gasteiger charge is 2.39. The van der Waals surface area contributed by atoms with Crippen LogP contribution in [0.15, 0.2) is 34.5 Å². The summed E-state index contributed by atoms with van der Waals surface area (Å²) in [6, 6.07) is 4.69. The molecule has 0 fully saturated rings. The maximum Gasteiger partial charge on any atom is 0.341 e. The Morgan fingerprint density at radius 3 is 2.64 bits per heavy atom. The van der Waals surface area contributed by atoms with Gasteiger partial charge in [-0.05, 0) is 56.4 Å². The van der Waals surface area contributed by atoms with Crippen molar-refractivity contribution >= 4 is 79.8 Å². The first-order valence-corrected chi connectivity index (χ1v) is 13.7. The maximum absolute atomic E-state index is 13.4. The molecule has 0 radical (unpaired) electrons. The number of hydrogen-bond acceptors (Lipinski definition) is 8. The molecule has 36 heavy (non-hydrogen) atoms. The van der Waals surface area contributed by atoms with E-state index < -0.39 is 23.0 Å². The van der Waals surface area contributed by atoms with Crippen LogP contribution in [0.2, 0.25) is 10.0 Å². The topological polar surface area (TPSA) is 123 Å². The SMILES string of the molecule is CCN=C1SC(C(=O)Nc2sc3c(c2C(=O)OC)CCCC3)C(N)=C1C(=O)Nc1ccc(Cl)cc1Cl. The molecule has 190 valence electrons. The van der Waals surface area contributed by atoms with Crippen LogP contribution in [0.1, 0.15) is 40.6 Å². The van der Waals surface area contributed by atoms with Gasteiger partial charge in [-0.1, -0.05) is 35.0 Å². The van der Waals surface area contributed by atoms with E-state index in [1.807, 2.05) is 6.92 Å². The zero-order valence-corrected chi connectivity index (χ0v) is 22.7. The fourth-order valence-electron chi connectivity index (χ4n) is 4.10. The summed E-state index contributed by atoms with van der Waals surface area (Å²) in [6.45, 7) is 2.22. The van der Waals surface area contributed by atoms with Gasteiger partial charge in [0.2, 0.25) is 5.91 Å². The van der Waals surface area contributed by atoms with E-state index in [2.05, 4.69) is 15.6 Å². The fraction of sp³-hybridized carbons (Fsp3) is 0.333. The number of nitrogens with one attached hydrogen (secondary N) is 2. The average molecular weight is 568 g/mol. The highest BCUT2D eigenvalue weighted by Crippen LogP contribution is 2.40. The lowest BCUT2D eigenvalue weighted by Gasteiger charge is -2.13. The van der Waals surface area contributed by atoms with Gasteiger partial charge in [0, 0.05) is 22.1 Å². The Hall–Kier alpha value is -2.53. The van der Waals surface area contributed by atoms with Gasteiger partial charge in [-0.3, -0.25) is 14.6 Å². The van der Waals surface area contributed by atoms with Crippen molar-refractivity contribution in [3.8, 4) is 0 Å². The van der Waals surface area contributed by atoms with Gasteiger partial charge in [0.15, 0.2) is 0 Å². The second-order valence-electron chi connectivity index (χ2n) is 8.08. The number of amides is 2. The van der Waals surface area contributed by atoms with E-state index >= 15 is 0 Å². The number of aryl methyl sites for hydroxylation is 1. The zero-order valence-electron chi connectivity index (χ0n) is 19.6. The Bertz CT molecular complexity index is 1310. The van der Waals surface area contributed by atoms with Crippen molar-refractivity contribution in [2.45, 2.75) is 37.9 Å². The normalized spacial score (nSPS) is 18.2. The molecule has 4 N–H and O–H groups in total. The Morgan fingerprint density at radius 2 is 1.94 bits per heavy atom. The lowest BCUT2D eigenvalue weighted by atomic mass is 9.95. The standard InChI is InChI=1S/C24H24Cl2N4O4S2/c1-3-28-22-17(20(31)29-14-9-8-11(25)10-13(14)26)18(27)19(36-22)21(32)30-23-16(24(33)34-2)12-6-4-5-7-15(12)35-23/h8-10,19H,3-7,27H2,1-2H3,(H,29,31)(H,30,32). The number of esters is 1. The summed E-state index contributed by atoms with van der Waals surface area (Å²) < 4.78 is 4.99. The number of fused-ring (bicyclic) bond motifs is 1. The summed E-state index contributed by atoms with van der Waals surface area (Å²) in [5, 5.41) is 6.17. The van der Waals surface area contributed by atoms with E-state index in [1.54, 1.807) is 12.1 Å². The van der Waals surface area contributed by atoms with Gasteiger partial charge in [0.05, 0.1) is 29.0 Å². The van der Waals surface area contributed by atoms with Crippen molar-refractivity contribution in [1.29, 1.82) is 0 Å². The number of nitrogens with two attached hydrogens (primary N) is 1. The van der Waals surface area contributed by atoms with Crippen molar-refractivity contribution < 1.29 is 19.1 Å². The molecule has 2 heterocycles. The van der Waals surface area contributed by atoms with Crippen LogP contribution in [-0.4, -0.2) is 41.7 Å². The highest BCUT2D eigenvalue weighted by atomic mass is 35.5. The number of ether oxygens (including phenoxy) is 1. The number of thiophene rings is 1. The van der Waals surface area contributed by atoms with Crippen LogP contribution in [0.4, 0.5) is 10.7 Å². The lowest BCUT2D eigenvalue weighted by Crippen LogP contribution is -2.30. The number of nitrogens with zero attached hydrogens (tertiary/aromatic N) is 1. The smallest absolute Gasteiger partial charge is 0.341 e. The summed E-state index contributed by atoms with van der Waals surface area (Å²) in [4.78, 5) is 44.5. The Balaban J connectivity index is 1.62. The number of hydrogen-bond donors (Lipinski definition) is 3. The number of aliphatic imine (C=N–C) groups is 1. The quantitative estimate of drug-likeness (QED) is 0.420. The number of thioether (sulfide) groups is 1. The van der Waals surface area contributed by atoms with Crippen molar-refractivity contribution in [2.24, 2.45) is 10.7 Å². The van der Waals surface area contributed by atoms with E-state index in [0.717, 1.165) is 47.9 Å². The van der Waals surface area contributed by atoms with E-state index in [4.69, 9.17) is 33.7 Å². The maximum atomic E-state index is 13.4. The van der Waals surface area contributed by atoms with E-state index in [-0.39, 0.29) is 16.3 Å². The van der Waals surface area contributed by atoms with Crippen LogP contribution < -0.4 is 16.4 Å². The van der Waals surface area contributed by atoms with Gasteiger partial charge < -0.3 is 21.1 Å². The minimum atomic E-state index is -0.902. The number of halogens is 2. The van der Waals surface area contributed by atoms with Crippen LogP contribution >= 0.6 is 46.3 Å². The van der Waals surface area contributed by atoms with Gasteiger partial charge in [-0.15, -0.1) is 11.3 Å². The molecule has 1 aromatic carbocycles. The summed E-state index contributed by atoms with van der Waals surface area (Å²) in [5.74, 6) is -1.47. The minimum Gasteiger partial charge on any atom is -0.465 e. The third-order valence-electron chi connectivity index (χ3n) is 5.76. The molecule has 8 nitrogen and oxygen atoms in total. The molecule has 1 atom stereocenters. The van der Waals surface area contributed by atoms with Crippen LogP contribution in [0, 0.1) is 0 Å². The third kappa shape index (κ3) is 5.27. The van der Waals surface area contributed by atoms with Crippen molar-refractivity contribution in [1.82, 2.24) is 0 Å². The molecule has 1 aliphatic carbocycles. The second kappa shape index (κ2) is 11.2. The lowest BCUT2D eigenvalue weighted by molar-refractivity contribution is -0.115. The second-order valence-corrected chi connectivity index (χ2v) is 11.1. The van der Waals surface area contributed by atoms with Gasteiger partial charge in [-0.25, -0.2) is 4.79 Å². The Morgan fingerprint density at radius 1 is 1.19 bits per heavy atom. The summed E-state index contributed by atoms with van der Waals surface area (Å²) in [5.41, 5.74) is 8.23. The number of rotatable bonds is 6. The molecule has 12 heteroatoms. The molecule has 1 unspecified atom stereocenters. The summed E-state index contributed by atoms with van der Waals surface area (Å²) >= 11 is 14.6. The zero-order chi connectivity index (χ0) is 26.0. The van der Waals surface area contributed by atoms with Gasteiger partial charge in [0.25, 0.3) is 5.91 Å². The molecule has 0 saturated heterocycles. The van der Waals surface area contributed by atoms with E-state index in [1.165, 1.54) is 24.5 Å². The van der Waals surface area contributed by atoms with Crippen LogP contribution in [-0.2, 0) is 27.2 Å². The van der Waals surface area contributed by atoms with Crippen molar-refractivity contribution in [2.75, 3.05) is 24.3 Å². The molecule has 0 bridgehead atoms. The number of benzene rings is 1. The predicted molar refractivity (Wildman–Crippen MR) is 147 cm³/mol. The number of anilines is 2. The highest BCUT2D eigenvalue weighted by molar-refractivity contribution is 8.16. The number of carbonyl (C=O) groups excluding carboxylic acids is 3. The van der Waals surface area contributed by atoms with Crippen LogP contribution in [0.3, 0.4) is 0 Å². The van der Waals surface area contributed by atoms with Crippen molar-refractivity contribution in [3.63, 3.8) is 0 Å². The van der Waals surface area contributed by atoms with Gasteiger partial charge in [-0.2, -0.15) is 0 Å². The third-order valence-corrected chi connectivity index (χ3v) is 8.77.